The zero-order valence-electron chi connectivity index (χ0n) is 24.4. The first kappa shape index (κ1) is 31.1. The van der Waals surface area contributed by atoms with E-state index in [1.54, 1.807) is 36.3 Å². The molecule has 1 aliphatic carbocycles. The number of ether oxygens (including phenoxy) is 1. The van der Waals surface area contributed by atoms with Crippen molar-refractivity contribution < 1.29 is 22.7 Å². The number of benzene rings is 3. The molecule has 0 radical (unpaired) electrons. The third kappa shape index (κ3) is 8.82. The number of nitrogens with one attached hydrogen (secondary N) is 1. The molecular weight excluding hydrogens is 550 g/mol. The van der Waals surface area contributed by atoms with Gasteiger partial charge in [-0.2, -0.15) is 0 Å². The Hall–Kier alpha value is -3.85. The number of methoxy groups -OCH3 is 1. The Morgan fingerprint density at radius 3 is 2.07 bits per heavy atom. The number of sulfonamides is 1. The van der Waals surface area contributed by atoms with Crippen molar-refractivity contribution in [2.45, 2.75) is 63.6 Å². The molecule has 1 atom stereocenters. The maximum atomic E-state index is 13.9. The Labute approximate surface area is 249 Å². The van der Waals surface area contributed by atoms with Crippen molar-refractivity contribution in [3.8, 4) is 5.75 Å². The lowest BCUT2D eigenvalue weighted by molar-refractivity contribution is -0.141. The van der Waals surface area contributed by atoms with Crippen LogP contribution >= 0.6 is 0 Å². The summed E-state index contributed by atoms with van der Waals surface area (Å²) in [6.07, 6.45) is 6.01. The molecular formula is C33H41N3O5S. The van der Waals surface area contributed by atoms with Crippen LogP contribution in [0.1, 0.15) is 49.7 Å². The number of hydrogen-bond acceptors (Lipinski definition) is 5. The quantitative estimate of drug-likeness (QED) is 0.287. The molecule has 1 unspecified atom stereocenters. The number of amides is 2. The van der Waals surface area contributed by atoms with Crippen molar-refractivity contribution in [1.29, 1.82) is 0 Å². The van der Waals surface area contributed by atoms with Gasteiger partial charge in [0.25, 0.3) is 0 Å². The lowest BCUT2D eigenvalue weighted by Gasteiger charge is -2.33. The fourth-order valence-electron chi connectivity index (χ4n) is 5.45. The summed E-state index contributed by atoms with van der Waals surface area (Å²) in [6.45, 7) is 0.414. The molecule has 0 aromatic heterocycles. The molecule has 3 aromatic rings. The largest absolute Gasteiger partial charge is 0.497 e. The first-order valence-electron chi connectivity index (χ1n) is 14.5. The number of nitrogens with zero attached hydrogens (tertiary/aromatic N) is 2. The molecule has 1 aliphatic rings. The van der Waals surface area contributed by atoms with Crippen molar-refractivity contribution in [2.75, 3.05) is 24.2 Å². The number of carbonyl (C=O) groups excluding carboxylic acids is 2. The van der Waals surface area contributed by atoms with Crippen LogP contribution in [0.15, 0.2) is 84.9 Å². The van der Waals surface area contributed by atoms with E-state index in [1.807, 2.05) is 60.7 Å². The monoisotopic (exact) mass is 591 g/mol. The third-order valence-electron chi connectivity index (χ3n) is 7.68. The Balaban J connectivity index is 1.55. The van der Waals surface area contributed by atoms with Crippen LogP contribution in [0.3, 0.4) is 0 Å². The Morgan fingerprint density at radius 2 is 1.50 bits per heavy atom. The molecule has 0 aliphatic heterocycles. The van der Waals surface area contributed by atoms with Crippen molar-refractivity contribution in [1.82, 2.24) is 10.2 Å². The fraction of sp³-hybridized carbons (Fsp3) is 0.394. The normalized spacial score (nSPS) is 14.2. The number of anilines is 1. The fourth-order valence-corrected chi connectivity index (χ4v) is 6.42. The zero-order valence-corrected chi connectivity index (χ0v) is 25.3. The van der Waals surface area contributed by atoms with E-state index >= 15 is 0 Å². The van der Waals surface area contributed by atoms with Gasteiger partial charge in [0, 0.05) is 32.0 Å². The maximum absolute atomic E-state index is 13.9. The summed E-state index contributed by atoms with van der Waals surface area (Å²) in [5, 5.41) is 3.21. The zero-order chi connectivity index (χ0) is 30.0. The van der Waals surface area contributed by atoms with E-state index in [2.05, 4.69) is 5.32 Å². The molecule has 0 saturated heterocycles. The Bertz CT molecular complexity index is 1390. The Morgan fingerprint density at radius 1 is 0.905 bits per heavy atom. The minimum atomic E-state index is -3.58. The molecule has 1 saturated carbocycles. The average Bonchev–Trinajstić information content (AvgIpc) is 3.50. The summed E-state index contributed by atoms with van der Waals surface area (Å²) in [7, 11) is -2.03. The van der Waals surface area contributed by atoms with Gasteiger partial charge in [-0.15, -0.1) is 0 Å². The van der Waals surface area contributed by atoms with E-state index in [0.717, 1.165) is 43.1 Å². The Kier molecular flexibility index (Phi) is 11.0. The molecule has 1 N–H and O–H groups in total. The summed E-state index contributed by atoms with van der Waals surface area (Å²) in [5.41, 5.74) is 2.40. The van der Waals surface area contributed by atoms with Crippen LogP contribution in [-0.4, -0.2) is 57.1 Å². The second-order valence-electron chi connectivity index (χ2n) is 10.8. The lowest BCUT2D eigenvalue weighted by Crippen LogP contribution is -2.52. The van der Waals surface area contributed by atoms with Gasteiger partial charge in [0.15, 0.2) is 0 Å². The summed E-state index contributed by atoms with van der Waals surface area (Å²) in [5.74, 6) is 0.287. The van der Waals surface area contributed by atoms with E-state index in [1.165, 1.54) is 4.31 Å². The van der Waals surface area contributed by atoms with Gasteiger partial charge in [-0.05, 0) is 54.7 Å². The van der Waals surface area contributed by atoms with E-state index in [9.17, 15) is 18.0 Å². The van der Waals surface area contributed by atoms with Gasteiger partial charge >= 0.3 is 0 Å². The first-order valence-corrected chi connectivity index (χ1v) is 16.4. The van der Waals surface area contributed by atoms with Crippen molar-refractivity contribution >= 4 is 27.5 Å². The van der Waals surface area contributed by atoms with Crippen LogP contribution < -0.4 is 14.4 Å². The first-order chi connectivity index (χ1) is 20.2. The van der Waals surface area contributed by atoms with Gasteiger partial charge in [-0.25, -0.2) is 8.42 Å². The molecule has 1 fully saturated rings. The van der Waals surface area contributed by atoms with Crippen LogP contribution in [0.25, 0.3) is 0 Å². The van der Waals surface area contributed by atoms with E-state index < -0.39 is 16.1 Å². The molecule has 4 rings (SSSR count). The van der Waals surface area contributed by atoms with Gasteiger partial charge in [0.1, 0.15) is 11.8 Å². The summed E-state index contributed by atoms with van der Waals surface area (Å²) < 4.78 is 31.8. The molecule has 3 aromatic carbocycles. The topological polar surface area (TPSA) is 96.0 Å². The van der Waals surface area contributed by atoms with Gasteiger partial charge in [0.2, 0.25) is 21.8 Å². The van der Waals surface area contributed by atoms with Crippen molar-refractivity contribution in [3.63, 3.8) is 0 Å². The average molecular weight is 592 g/mol. The smallest absolute Gasteiger partial charge is 0.243 e. The highest BCUT2D eigenvalue weighted by atomic mass is 32.2. The minimum absolute atomic E-state index is 0.0943. The van der Waals surface area contributed by atoms with Crippen LogP contribution in [0, 0.1) is 0 Å². The highest BCUT2D eigenvalue weighted by Crippen LogP contribution is 2.23. The van der Waals surface area contributed by atoms with Gasteiger partial charge in [-0.3, -0.25) is 13.9 Å². The predicted molar refractivity (Wildman–Crippen MR) is 166 cm³/mol. The van der Waals surface area contributed by atoms with Gasteiger partial charge in [0.05, 0.1) is 19.1 Å². The summed E-state index contributed by atoms with van der Waals surface area (Å²) in [6, 6.07) is 25.6. The van der Waals surface area contributed by atoms with Gasteiger partial charge < -0.3 is 15.0 Å². The SMILES string of the molecule is COc1ccc(N(CCCC(=O)N(Cc2ccccc2)C(Cc2ccccc2)C(=O)NC2CCCC2)S(C)(=O)=O)cc1. The predicted octanol–water partition coefficient (Wildman–Crippen LogP) is 4.94. The maximum Gasteiger partial charge on any atom is 0.243 e. The molecule has 224 valence electrons. The second kappa shape index (κ2) is 14.9. The molecule has 0 spiro atoms. The molecule has 42 heavy (non-hydrogen) atoms. The molecule has 2 amide bonds. The second-order valence-corrected chi connectivity index (χ2v) is 12.7. The molecule has 0 bridgehead atoms. The van der Waals surface area contributed by atoms with E-state index in [4.69, 9.17) is 4.74 Å². The van der Waals surface area contributed by atoms with Crippen LogP contribution in [0.4, 0.5) is 5.69 Å². The standard InChI is InChI=1S/C33H41N3O5S/c1-41-30-21-19-29(20-22-30)36(42(2,39)40)23-11-18-32(37)35(25-27-14-7-4-8-15-27)31(24-26-12-5-3-6-13-26)33(38)34-28-16-9-10-17-28/h3-8,12-15,19-22,28,31H,9-11,16-18,23-25H2,1-2H3,(H,34,38). The van der Waals surface area contributed by atoms with Crippen LogP contribution in [0.5, 0.6) is 5.75 Å². The molecule has 9 heteroatoms. The highest BCUT2D eigenvalue weighted by Gasteiger charge is 2.32. The van der Waals surface area contributed by atoms with Crippen molar-refractivity contribution in [2.24, 2.45) is 0 Å². The van der Waals surface area contributed by atoms with Gasteiger partial charge in [-0.1, -0.05) is 73.5 Å². The third-order valence-corrected chi connectivity index (χ3v) is 8.88. The molecule has 8 nitrogen and oxygen atoms in total. The highest BCUT2D eigenvalue weighted by molar-refractivity contribution is 7.92. The van der Waals surface area contributed by atoms with E-state index in [0.29, 0.717) is 24.3 Å². The number of rotatable bonds is 14. The van der Waals surface area contributed by atoms with E-state index in [-0.39, 0.29) is 37.4 Å². The van der Waals surface area contributed by atoms with Crippen LogP contribution in [0.2, 0.25) is 0 Å². The molecule has 0 heterocycles. The number of hydrogen-bond donors (Lipinski definition) is 1. The summed E-state index contributed by atoms with van der Waals surface area (Å²) >= 11 is 0. The number of carbonyl (C=O) groups is 2. The van der Waals surface area contributed by atoms with Crippen LogP contribution in [-0.2, 0) is 32.6 Å². The minimum Gasteiger partial charge on any atom is -0.497 e. The summed E-state index contributed by atoms with van der Waals surface area (Å²) in [4.78, 5) is 29.4. The lowest BCUT2D eigenvalue weighted by atomic mass is 10.0. The van der Waals surface area contributed by atoms with Crippen molar-refractivity contribution in [3.05, 3.63) is 96.1 Å².